The molecular formula is C48H53N13O5. The molecule has 4 aromatic carbocycles. The zero-order chi connectivity index (χ0) is 46.4. The summed E-state index contributed by atoms with van der Waals surface area (Å²) in [6.07, 6.45) is 2.82. The van der Waals surface area contributed by atoms with Gasteiger partial charge in [0.15, 0.2) is 11.6 Å². The van der Waals surface area contributed by atoms with Gasteiger partial charge in [0.25, 0.3) is 0 Å². The highest BCUT2D eigenvalue weighted by Gasteiger charge is 2.29. The Hall–Kier alpha value is -7.86. The number of carbonyl (C=O) groups is 4. The molecule has 2 saturated heterocycles. The largest absolute Gasteiger partial charge is 0.497 e. The molecule has 6 N–H and O–H groups in total. The molecule has 66 heavy (non-hydrogen) atoms. The summed E-state index contributed by atoms with van der Waals surface area (Å²) in [6, 6.07) is 31.6. The van der Waals surface area contributed by atoms with Crippen LogP contribution in [-0.2, 0) is 68.0 Å². The summed E-state index contributed by atoms with van der Waals surface area (Å²) in [5, 5.41) is 11.0. The molecule has 2 aliphatic rings. The molecule has 0 bridgehead atoms. The third-order valence-electron chi connectivity index (χ3n) is 10.7. The monoisotopic (exact) mass is 891 g/mol. The maximum absolute atomic E-state index is 12.0. The lowest BCUT2D eigenvalue weighted by molar-refractivity contribution is -0.119. The van der Waals surface area contributed by atoms with E-state index in [-0.39, 0.29) is 38.0 Å². The SMILES string of the molecule is COc1ccc(CNc2nc(CCc3ccc(C)cc3)nc(CN3CC(=O)NC3=O)n2)cc1.Cc1ccc(CCc2nc(CN3CC(=O)NC3=O)nc(NCc3ccc(CN)cc3)n2)cc1. The van der Waals surface area contributed by atoms with E-state index in [4.69, 9.17) is 10.5 Å². The third-order valence-corrected chi connectivity index (χ3v) is 10.7. The van der Waals surface area contributed by atoms with Crippen LogP contribution < -0.4 is 31.7 Å². The third kappa shape index (κ3) is 13.6. The minimum absolute atomic E-state index is 0.000526. The first-order valence-electron chi connectivity index (χ1n) is 21.6. The number of aromatic nitrogens is 6. The van der Waals surface area contributed by atoms with Gasteiger partial charge < -0.3 is 30.9 Å². The van der Waals surface area contributed by atoms with Crippen molar-refractivity contribution in [2.45, 2.75) is 72.3 Å². The Balaban J connectivity index is 0.000000196. The number of methoxy groups -OCH3 is 1. The lowest BCUT2D eigenvalue weighted by atomic mass is 10.1. The highest BCUT2D eigenvalue weighted by molar-refractivity contribution is 6.02. The summed E-state index contributed by atoms with van der Waals surface area (Å²) >= 11 is 0. The molecule has 4 heterocycles. The first-order valence-corrected chi connectivity index (χ1v) is 21.6. The maximum atomic E-state index is 12.0. The number of benzene rings is 4. The molecule has 0 aliphatic carbocycles. The summed E-state index contributed by atoms with van der Waals surface area (Å²) in [6.45, 7) is 5.94. The van der Waals surface area contributed by atoms with Gasteiger partial charge in [0.05, 0.1) is 20.2 Å². The number of anilines is 2. The molecule has 6 aromatic rings. The van der Waals surface area contributed by atoms with Crippen molar-refractivity contribution >= 4 is 35.8 Å². The van der Waals surface area contributed by atoms with Crippen LogP contribution in [-0.4, -0.2) is 83.8 Å². The van der Waals surface area contributed by atoms with E-state index in [2.05, 4.69) is 114 Å². The van der Waals surface area contributed by atoms with Crippen molar-refractivity contribution in [1.29, 1.82) is 0 Å². The summed E-state index contributed by atoms with van der Waals surface area (Å²) < 4.78 is 5.20. The highest BCUT2D eigenvalue weighted by Crippen LogP contribution is 2.16. The van der Waals surface area contributed by atoms with E-state index < -0.39 is 12.1 Å². The normalized spacial score (nSPS) is 13.3. The van der Waals surface area contributed by atoms with Gasteiger partial charge in [0.2, 0.25) is 23.7 Å². The van der Waals surface area contributed by atoms with E-state index in [9.17, 15) is 19.2 Å². The van der Waals surface area contributed by atoms with Crippen LogP contribution in [0.4, 0.5) is 21.5 Å². The molecule has 0 radical (unpaired) electrons. The van der Waals surface area contributed by atoms with Gasteiger partial charge >= 0.3 is 12.1 Å². The molecule has 18 heteroatoms. The van der Waals surface area contributed by atoms with Gasteiger partial charge in [0, 0.05) is 32.5 Å². The molecule has 8 rings (SSSR count). The minimum Gasteiger partial charge on any atom is -0.497 e. The maximum Gasteiger partial charge on any atom is 0.324 e. The van der Waals surface area contributed by atoms with Gasteiger partial charge in [-0.1, -0.05) is 96.1 Å². The number of amides is 6. The first kappa shape index (κ1) is 46.1. The predicted molar refractivity (Wildman–Crippen MR) is 247 cm³/mol. The van der Waals surface area contributed by atoms with E-state index in [0.717, 1.165) is 35.3 Å². The Morgan fingerprint density at radius 2 is 0.894 bits per heavy atom. The zero-order valence-electron chi connectivity index (χ0n) is 37.2. The number of urea groups is 2. The van der Waals surface area contributed by atoms with Crippen LogP contribution in [0.3, 0.4) is 0 Å². The number of ether oxygens (including phenoxy) is 1. The fourth-order valence-electron chi connectivity index (χ4n) is 6.94. The molecule has 0 atom stereocenters. The van der Waals surface area contributed by atoms with E-state index in [1.54, 1.807) is 7.11 Å². The number of rotatable bonds is 18. The molecule has 0 saturated carbocycles. The molecule has 2 fully saturated rings. The predicted octanol–water partition coefficient (Wildman–Crippen LogP) is 4.73. The average Bonchev–Trinajstić information content (AvgIpc) is 3.82. The molecule has 0 unspecified atom stereocenters. The number of imide groups is 2. The Bertz CT molecular complexity index is 2450. The second-order valence-electron chi connectivity index (χ2n) is 15.9. The van der Waals surface area contributed by atoms with Crippen LogP contribution in [0.15, 0.2) is 97.1 Å². The molecule has 2 aromatic heterocycles. The van der Waals surface area contributed by atoms with E-state index in [1.165, 1.54) is 32.1 Å². The molecule has 340 valence electrons. The topological polar surface area (TPSA) is 235 Å². The Kier molecular flexibility index (Phi) is 15.5. The number of nitrogens with two attached hydrogens (primary N) is 1. The molecule has 2 aliphatic heterocycles. The fourth-order valence-corrected chi connectivity index (χ4v) is 6.94. The molecule has 6 amide bonds. The van der Waals surface area contributed by atoms with E-state index >= 15 is 0 Å². The summed E-state index contributed by atoms with van der Waals surface area (Å²) in [5.74, 6) is 3.14. The van der Waals surface area contributed by atoms with Crippen LogP contribution >= 0.6 is 0 Å². The Morgan fingerprint density at radius 3 is 1.27 bits per heavy atom. The number of aryl methyl sites for hydroxylation is 6. The van der Waals surface area contributed by atoms with Crippen LogP contribution in [0.2, 0.25) is 0 Å². The lowest BCUT2D eigenvalue weighted by Crippen LogP contribution is -2.29. The summed E-state index contributed by atoms with van der Waals surface area (Å²) in [4.78, 5) is 77.0. The van der Waals surface area contributed by atoms with E-state index in [0.29, 0.717) is 67.7 Å². The number of nitrogens with one attached hydrogen (secondary N) is 4. The molecular weight excluding hydrogens is 839 g/mol. The Morgan fingerprint density at radius 1 is 0.515 bits per heavy atom. The van der Waals surface area contributed by atoms with Gasteiger partial charge in [-0.05, 0) is 66.6 Å². The number of nitrogens with zero attached hydrogens (tertiary/aromatic N) is 8. The minimum atomic E-state index is -0.436. The van der Waals surface area contributed by atoms with Crippen molar-refractivity contribution < 1.29 is 23.9 Å². The van der Waals surface area contributed by atoms with Crippen molar-refractivity contribution in [3.63, 3.8) is 0 Å². The lowest BCUT2D eigenvalue weighted by Gasteiger charge is -2.14. The van der Waals surface area contributed by atoms with E-state index in [1.807, 2.05) is 48.5 Å². The number of hydrogen-bond donors (Lipinski definition) is 5. The smallest absolute Gasteiger partial charge is 0.324 e. The van der Waals surface area contributed by atoms with Crippen LogP contribution in [0.5, 0.6) is 5.75 Å². The van der Waals surface area contributed by atoms with Crippen molar-refractivity contribution in [3.8, 4) is 5.75 Å². The van der Waals surface area contributed by atoms with Crippen LogP contribution in [0.1, 0.15) is 62.2 Å². The quantitative estimate of drug-likeness (QED) is 0.0735. The summed E-state index contributed by atoms with van der Waals surface area (Å²) in [7, 11) is 1.63. The zero-order valence-corrected chi connectivity index (χ0v) is 37.2. The average molecular weight is 892 g/mol. The molecule has 0 spiro atoms. The van der Waals surface area contributed by atoms with Gasteiger partial charge in [0.1, 0.15) is 30.5 Å². The van der Waals surface area contributed by atoms with Crippen molar-refractivity contribution in [2.24, 2.45) is 5.73 Å². The fraction of sp³-hybridized carbons (Fsp3) is 0.292. The Labute approximate surface area is 382 Å². The van der Waals surface area contributed by atoms with Gasteiger partial charge in [-0.2, -0.15) is 19.9 Å². The number of carbonyl (C=O) groups excluding carboxylic acids is 4. The van der Waals surface area contributed by atoms with Crippen LogP contribution in [0.25, 0.3) is 0 Å². The highest BCUT2D eigenvalue weighted by atomic mass is 16.5. The second kappa shape index (κ2) is 22.2. The van der Waals surface area contributed by atoms with Gasteiger partial charge in [-0.15, -0.1) is 0 Å². The standard InChI is InChI=1S/C24H27N7O2.C24H26N6O3/c1-16-2-4-17(5-3-16)10-11-20-27-21(14-31-15-22(32)30-24(31)33)29-23(28-20)26-13-19-8-6-18(12-25)7-9-19;1-16-3-5-17(6-4-16)9-12-20-26-21(14-30-15-22(31)29-24(30)32)28-23(27-20)25-13-18-7-10-19(33-2)11-8-18/h2-9H,10-15,25H2,1H3,(H,30,32,33)(H,26,27,28,29);3-8,10-11H,9,12-15H2,1-2H3,(H,29,31,32)(H,25,26,27,28). The van der Waals surface area contributed by atoms with Gasteiger partial charge in [-0.3, -0.25) is 20.2 Å². The molecule has 18 nitrogen and oxygen atoms in total. The van der Waals surface area contributed by atoms with Gasteiger partial charge in [-0.25, -0.2) is 19.6 Å². The number of hydrogen-bond acceptors (Lipinski definition) is 14. The van der Waals surface area contributed by atoms with Crippen molar-refractivity contribution in [1.82, 2.24) is 50.3 Å². The van der Waals surface area contributed by atoms with Crippen LogP contribution in [0, 0.1) is 13.8 Å². The second-order valence-corrected chi connectivity index (χ2v) is 15.9. The summed E-state index contributed by atoms with van der Waals surface area (Å²) in [5.41, 5.74) is 13.7. The first-order chi connectivity index (χ1) is 32.0. The van der Waals surface area contributed by atoms with Crippen molar-refractivity contribution in [3.05, 3.63) is 159 Å². The van der Waals surface area contributed by atoms with Crippen molar-refractivity contribution in [2.75, 3.05) is 30.8 Å².